The first kappa shape index (κ1) is 33.1. The van der Waals surface area contributed by atoms with Gasteiger partial charge in [-0.15, -0.1) is 0 Å². The molecule has 0 radical (unpaired) electrons. The summed E-state index contributed by atoms with van der Waals surface area (Å²) >= 11 is 6.37. The molecule has 1 saturated carbocycles. The van der Waals surface area contributed by atoms with Crippen LogP contribution in [0.3, 0.4) is 0 Å². The quantitative estimate of drug-likeness (QED) is 0.395. The summed E-state index contributed by atoms with van der Waals surface area (Å²) in [6, 6.07) is 11.3. The van der Waals surface area contributed by atoms with Gasteiger partial charge < -0.3 is 24.4 Å². The Hall–Kier alpha value is -2.37. The molecule has 47 heavy (non-hydrogen) atoms. The van der Waals surface area contributed by atoms with Crippen molar-refractivity contribution in [1.29, 1.82) is 0 Å². The molecule has 0 aromatic heterocycles. The molecule has 2 aromatic carbocycles. The molecule has 3 fully saturated rings. The van der Waals surface area contributed by atoms with Crippen molar-refractivity contribution >= 4 is 33.2 Å². The number of fused-ring (bicyclic) bond motifs is 4. The van der Waals surface area contributed by atoms with Gasteiger partial charge in [0.2, 0.25) is 10.0 Å². The number of anilines is 1. The lowest BCUT2D eigenvalue weighted by molar-refractivity contribution is -0.141. The molecule has 1 aliphatic carbocycles. The van der Waals surface area contributed by atoms with Gasteiger partial charge in [-0.1, -0.05) is 31.0 Å². The first-order valence-electron chi connectivity index (χ1n) is 17.5. The largest absolute Gasteiger partial charge is 0.487 e. The van der Waals surface area contributed by atoms with E-state index in [4.69, 9.17) is 25.8 Å². The van der Waals surface area contributed by atoms with E-state index < -0.39 is 21.2 Å². The average Bonchev–Trinajstić information content (AvgIpc) is 3.64. The van der Waals surface area contributed by atoms with Gasteiger partial charge in [0, 0.05) is 42.7 Å². The Labute approximate surface area is 284 Å². The van der Waals surface area contributed by atoms with Crippen molar-refractivity contribution in [2.45, 2.75) is 95.6 Å². The number of nitrogens with one attached hydrogen (secondary N) is 2. The third-order valence-electron chi connectivity index (χ3n) is 11.5. The number of ether oxygens (including phenoxy) is 3. The highest BCUT2D eigenvalue weighted by Gasteiger charge is 2.48. The molecular formula is C36H48ClN3O6S. The number of amides is 1. The molecule has 2 aromatic rings. The minimum absolute atomic E-state index is 0.0963. The zero-order valence-corrected chi connectivity index (χ0v) is 29.0. The number of halogens is 1. The Morgan fingerprint density at radius 2 is 1.70 bits per heavy atom. The number of sulfonamides is 1. The standard InChI is InChI=1S/C36H48ClN3O6S/c1-22-6-5-8-30(36-45-33-18-38-19-34(33)46-36)29-13-10-26(29)20-40-15-4-3-7-24-16-28(37)12-9-27(24)21-44-32-14-11-25(17-31(32)40)35(41)39-47(42,43)23(22)2/h9,11-12,14,16-17,22-23,26,29-30,33-34,36,38H,3-8,10,13,15,18-21H2,1-2H3,(H,39,41)/t22-,23+,26-,29+,30-,33-,34+,36+/m0/s1. The van der Waals surface area contributed by atoms with Gasteiger partial charge in [0.15, 0.2) is 6.29 Å². The molecule has 7 rings (SSSR count). The van der Waals surface area contributed by atoms with Gasteiger partial charge in [0.25, 0.3) is 5.91 Å². The second kappa shape index (κ2) is 13.9. The van der Waals surface area contributed by atoms with Crippen molar-refractivity contribution in [2.24, 2.45) is 23.7 Å². The first-order chi connectivity index (χ1) is 22.7. The zero-order chi connectivity index (χ0) is 32.7. The summed E-state index contributed by atoms with van der Waals surface area (Å²) in [5, 5.41) is 3.39. The number of carbonyl (C=O) groups is 1. The lowest BCUT2D eigenvalue weighted by Gasteiger charge is -2.46. The van der Waals surface area contributed by atoms with Crippen LogP contribution in [0.4, 0.5) is 5.69 Å². The van der Waals surface area contributed by atoms with Crippen LogP contribution in [0.25, 0.3) is 0 Å². The van der Waals surface area contributed by atoms with E-state index >= 15 is 0 Å². The molecule has 4 heterocycles. The summed E-state index contributed by atoms with van der Waals surface area (Å²) in [6.45, 7) is 7.32. The zero-order valence-electron chi connectivity index (χ0n) is 27.5. The number of hydrogen-bond donors (Lipinski definition) is 2. The first-order valence-corrected chi connectivity index (χ1v) is 19.5. The van der Waals surface area contributed by atoms with Crippen LogP contribution in [0.15, 0.2) is 36.4 Å². The van der Waals surface area contributed by atoms with Gasteiger partial charge in [0.05, 0.1) is 10.9 Å². The predicted octanol–water partition coefficient (Wildman–Crippen LogP) is 5.69. The van der Waals surface area contributed by atoms with Crippen molar-refractivity contribution in [2.75, 3.05) is 31.1 Å². The maximum atomic E-state index is 13.5. The minimum atomic E-state index is -3.90. The highest BCUT2D eigenvalue weighted by molar-refractivity contribution is 7.90. The summed E-state index contributed by atoms with van der Waals surface area (Å²) in [5.41, 5.74) is 3.43. The molecule has 1 amide bonds. The van der Waals surface area contributed by atoms with E-state index in [2.05, 4.69) is 14.9 Å². The Morgan fingerprint density at radius 1 is 0.894 bits per heavy atom. The second-order valence-electron chi connectivity index (χ2n) is 14.4. The van der Waals surface area contributed by atoms with Gasteiger partial charge >= 0.3 is 0 Å². The van der Waals surface area contributed by atoms with Crippen molar-refractivity contribution in [3.63, 3.8) is 0 Å². The Balaban J connectivity index is 1.24. The lowest BCUT2D eigenvalue weighted by Crippen LogP contribution is -2.45. The molecule has 5 aliphatic rings. The maximum absolute atomic E-state index is 13.5. The number of carbonyl (C=O) groups excluding carboxylic acids is 1. The van der Waals surface area contributed by atoms with E-state index in [0.29, 0.717) is 29.8 Å². The van der Waals surface area contributed by atoms with Crippen molar-refractivity contribution in [3.8, 4) is 5.75 Å². The van der Waals surface area contributed by atoms with Crippen LogP contribution in [0, 0.1) is 23.7 Å². The van der Waals surface area contributed by atoms with Crippen molar-refractivity contribution in [3.05, 3.63) is 58.1 Å². The molecular weight excluding hydrogens is 638 g/mol. The molecule has 11 heteroatoms. The van der Waals surface area contributed by atoms with Gasteiger partial charge in [-0.05, 0) is 111 Å². The molecule has 9 nitrogen and oxygen atoms in total. The summed E-state index contributed by atoms with van der Waals surface area (Å²) in [5.74, 6) is 1.10. The van der Waals surface area contributed by atoms with Crippen LogP contribution in [-0.2, 0) is 32.5 Å². The molecule has 2 bridgehead atoms. The number of aryl methyl sites for hydroxylation is 1. The summed E-state index contributed by atoms with van der Waals surface area (Å²) < 4.78 is 48.9. The van der Waals surface area contributed by atoms with E-state index in [9.17, 15) is 13.2 Å². The van der Waals surface area contributed by atoms with Crippen LogP contribution in [0.1, 0.15) is 80.3 Å². The van der Waals surface area contributed by atoms with E-state index in [1.807, 2.05) is 37.3 Å². The van der Waals surface area contributed by atoms with Gasteiger partial charge in [-0.25, -0.2) is 13.1 Å². The van der Waals surface area contributed by atoms with E-state index in [0.717, 1.165) is 93.8 Å². The number of nitrogens with zero attached hydrogens (tertiary/aromatic N) is 1. The van der Waals surface area contributed by atoms with E-state index in [1.165, 1.54) is 5.56 Å². The van der Waals surface area contributed by atoms with Crippen LogP contribution < -0.4 is 19.7 Å². The normalized spacial score (nSPS) is 34.4. The van der Waals surface area contributed by atoms with Crippen LogP contribution in [0.5, 0.6) is 5.75 Å². The van der Waals surface area contributed by atoms with Crippen molar-refractivity contribution in [1.82, 2.24) is 10.0 Å². The molecule has 2 N–H and O–H groups in total. The Kier molecular flexibility index (Phi) is 9.77. The summed E-state index contributed by atoms with van der Waals surface area (Å²) in [6.07, 6.45) is 7.63. The highest BCUT2D eigenvalue weighted by Crippen LogP contribution is 2.47. The van der Waals surface area contributed by atoms with E-state index in [1.54, 1.807) is 13.0 Å². The lowest BCUT2D eigenvalue weighted by atomic mass is 9.65. The monoisotopic (exact) mass is 685 g/mol. The average molecular weight is 686 g/mol. The molecule has 2 saturated heterocycles. The fourth-order valence-corrected chi connectivity index (χ4v) is 9.78. The topological polar surface area (TPSA) is 106 Å². The minimum Gasteiger partial charge on any atom is -0.487 e. The summed E-state index contributed by atoms with van der Waals surface area (Å²) in [4.78, 5) is 15.9. The summed E-state index contributed by atoms with van der Waals surface area (Å²) in [7, 11) is -3.90. The Bertz CT molecular complexity index is 1560. The fraction of sp³-hybridized carbons (Fsp3) is 0.639. The second-order valence-corrected chi connectivity index (χ2v) is 16.9. The molecule has 0 spiro atoms. The third-order valence-corrected chi connectivity index (χ3v) is 13.7. The number of rotatable bonds is 1. The SMILES string of the molecule is C[C@@H]1[C@@H](C)CCC[C@H]([C@@H]2O[C@H]3CNC[C@H]3O2)[C@@H]2CC[C@H]2CN2CCCCc3cc(Cl)ccc3COc3ccc(cc32)C(=O)NS1(=O)=O. The van der Waals surface area contributed by atoms with Crippen LogP contribution >= 0.6 is 11.6 Å². The Morgan fingerprint density at radius 3 is 2.47 bits per heavy atom. The number of hydrogen-bond acceptors (Lipinski definition) is 8. The molecule has 8 atom stereocenters. The van der Waals surface area contributed by atoms with Crippen LogP contribution in [-0.4, -0.2) is 64.3 Å². The maximum Gasteiger partial charge on any atom is 0.264 e. The smallest absolute Gasteiger partial charge is 0.264 e. The van der Waals surface area contributed by atoms with Gasteiger partial charge in [0.1, 0.15) is 24.6 Å². The number of benzene rings is 2. The fourth-order valence-electron chi connectivity index (χ4n) is 8.28. The van der Waals surface area contributed by atoms with Crippen LogP contribution in [0.2, 0.25) is 5.02 Å². The molecule has 256 valence electrons. The van der Waals surface area contributed by atoms with Gasteiger partial charge in [-0.2, -0.15) is 0 Å². The molecule has 4 aliphatic heterocycles. The predicted molar refractivity (Wildman–Crippen MR) is 182 cm³/mol. The highest BCUT2D eigenvalue weighted by atomic mass is 35.5. The third kappa shape index (κ3) is 7.04. The van der Waals surface area contributed by atoms with Gasteiger partial charge in [-0.3, -0.25) is 4.79 Å². The van der Waals surface area contributed by atoms with E-state index in [-0.39, 0.29) is 30.3 Å². The molecule has 0 unspecified atom stereocenters. The van der Waals surface area contributed by atoms with Crippen molar-refractivity contribution < 1.29 is 27.4 Å².